The highest BCUT2D eigenvalue weighted by molar-refractivity contribution is 6.01. The number of nitrogens with zero attached hydrogens (tertiary/aromatic N) is 1. The van der Waals surface area contributed by atoms with Crippen molar-refractivity contribution in [1.29, 1.82) is 5.26 Å². The molecule has 0 fully saturated rings. The largest absolute Gasteiger partial charge is 0.497 e. The molecule has 168 valence electrons. The first-order valence-electron chi connectivity index (χ1n) is 10.9. The molecule has 0 aliphatic rings. The van der Waals surface area contributed by atoms with E-state index in [9.17, 15) is 10.1 Å². The zero-order valence-corrected chi connectivity index (χ0v) is 18.8. The summed E-state index contributed by atoms with van der Waals surface area (Å²) >= 11 is 0. The minimum Gasteiger partial charge on any atom is -0.497 e. The van der Waals surface area contributed by atoms with Gasteiger partial charge in [-0.2, -0.15) is 5.26 Å². The maximum absolute atomic E-state index is 12.4. The van der Waals surface area contributed by atoms with E-state index in [0.29, 0.717) is 18.9 Å². The molecule has 5 nitrogen and oxygen atoms in total. The Balaban J connectivity index is 1.34. The lowest BCUT2D eigenvalue weighted by molar-refractivity contribution is -0.117. The Kier molecular flexibility index (Phi) is 7.22. The van der Waals surface area contributed by atoms with Crippen molar-refractivity contribution in [1.82, 2.24) is 5.32 Å². The van der Waals surface area contributed by atoms with Crippen LogP contribution in [0.4, 0.5) is 0 Å². The summed E-state index contributed by atoms with van der Waals surface area (Å²) in [6.45, 7) is 0.778. The van der Waals surface area contributed by atoms with Gasteiger partial charge in [0, 0.05) is 6.54 Å². The molecule has 0 heterocycles. The summed E-state index contributed by atoms with van der Waals surface area (Å²) in [6.07, 6.45) is 1.57. The Labute approximate surface area is 198 Å². The number of rotatable bonds is 8. The van der Waals surface area contributed by atoms with Gasteiger partial charge in [0.15, 0.2) is 0 Å². The van der Waals surface area contributed by atoms with E-state index >= 15 is 0 Å². The van der Waals surface area contributed by atoms with Crippen LogP contribution < -0.4 is 14.8 Å². The third-order valence-electron chi connectivity index (χ3n) is 5.39. The molecule has 0 atom stereocenters. The highest BCUT2D eigenvalue weighted by Gasteiger charge is 2.09. The molecule has 5 heteroatoms. The lowest BCUT2D eigenvalue weighted by Crippen LogP contribution is -2.23. The molecule has 0 unspecified atom stereocenters. The molecule has 0 bridgehead atoms. The fraction of sp³-hybridized carbons (Fsp3) is 0.103. The van der Waals surface area contributed by atoms with E-state index in [2.05, 4.69) is 35.6 Å². The normalized spacial score (nSPS) is 11.0. The molecule has 0 saturated heterocycles. The number of methoxy groups -OCH3 is 1. The van der Waals surface area contributed by atoms with Gasteiger partial charge in [-0.1, -0.05) is 60.7 Å². The number of ether oxygens (including phenoxy) is 2. The summed E-state index contributed by atoms with van der Waals surface area (Å²) < 4.78 is 11.0. The maximum atomic E-state index is 12.4. The third-order valence-corrected chi connectivity index (χ3v) is 5.39. The van der Waals surface area contributed by atoms with E-state index in [1.54, 1.807) is 13.2 Å². The van der Waals surface area contributed by atoms with E-state index in [1.165, 1.54) is 10.8 Å². The molecule has 0 spiro atoms. The Morgan fingerprint density at radius 1 is 0.882 bits per heavy atom. The van der Waals surface area contributed by atoms with Gasteiger partial charge in [-0.3, -0.25) is 4.79 Å². The molecule has 0 aliphatic carbocycles. The number of hydrogen-bond donors (Lipinski definition) is 1. The lowest BCUT2D eigenvalue weighted by Gasteiger charge is -2.08. The number of nitriles is 1. The van der Waals surface area contributed by atoms with Crippen LogP contribution in [-0.4, -0.2) is 13.0 Å². The van der Waals surface area contributed by atoms with Crippen LogP contribution in [0.1, 0.15) is 16.7 Å². The van der Waals surface area contributed by atoms with Gasteiger partial charge in [0.1, 0.15) is 29.7 Å². The maximum Gasteiger partial charge on any atom is 0.262 e. The highest BCUT2D eigenvalue weighted by atomic mass is 16.5. The lowest BCUT2D eigenvalue weighted by atomic mass is 10.1. The van der Waals surface area contributed by atoms with Crippen LogP contribution in [0.25, 0.3) is 16.8 Å². The first-order valence-corrected chi connectivity index (χ1v) is 10.9. The van der Waals surface area contributed by atoms with Gasteiger partial charge >= 0.3 is 0 Å². The minimum atomic E-state index is -0.421. The Hall–Kier alpha value is -4.56. The average Bonchev–Trinajstić information content (AvgIpc) is 2.90. The fourth-order valence-electron chi connectivity index (χ4n) is 3.49. The predicted molar refractivity (Wildman–Crippen MR) is 133 cm³/mol. The van der Waals surface area contributed by atoms with Gasteiger partial charge in [0.2, 0.25) is 0 Å². The number of amides is 1. The molecule has 0 aliphatic heterocycles. The SMILES string of the molecule is COc1ccc(CNC(=O)/C(C#N)=C\c2ccc(OCc3ccc4ccccc4c3)cc2)cc1. The summed E-state index contributed by atoms with van der Waals surface area (Å²) in [5, 5.41) is 14.6. The molecule has 4 aromatic rings. The number of nitrogens with one attached hydrogen (secondary N) is 1. The molecule has 0 saturated carbocycles. The van der Waals surface area contributed by atoms with Crippen molar-refractivity contribution >= 4 is 22.8 Å². The second-order valence-corrected chi connectivity index (χ2v) is 7.74. The Morgan fingerprint density at radius 2 is 1.56 bits per heavy atom. The molecule has 4 aromatic carbocycles. The first-order chi connectivity index (χ1) is 16.6. The predicted octanol–water partition coefficient (Wildman–Crippen LogP) is 5.65. The first kappa shape index (κ1) is 22.6. The van der Waals surface area contributed by atoms with Crippen molar-refractivity contribution in [3.8, 4) is 17.6 Å². The van der Waals surface area contributed by atoms with E-state index < -0.39 is 5.91 Å². The van der Waals surface area contributed by atoms with Crippen molar-refractivity contribution in [3.63, 3.8) is 0 Å². The van der Waals surface area contributed by atoms with Crippen molar-refractivity contribution in [3.05, 3.63) is 113 Å². The molecule has 4 rings (SSSR count). The van der Waals surface area contributed by atoms with Crippen molar-refractivity contribution in [2.24, 2.45) is 0 Å². The zero-order valence-electron chi connectivity index (χ0n) is 18.8. The van der Waals surface area contributed by atoms with E-state index in [0.717, 1.165) is 22.4 Å². The number of carbonyl (C=O) groups excluding carboxylic acids is 1. The molecule has 0 aromatic heterocycles. The number of carbonyl (C=O) groups is 1. The van der Waals surface area contributed by atoms with Gasteiger partial charge in [-0.25, -0.2) is 0 Å². The second kappa shape index (κ2) is 10.8. The van der Waals surface area contributed by atoms with E-state index in [4.69, 9.17) is 9.47 Å². The van der Waals surface area contributed by atoms with Crippen molar-refractivity contribution in [2.75, 3.05) is 7.11 Å². The van der Waals surface area contributed by atoms with Crippen molar-refractivity contribution in [2.45, 2.75) is 13.2 Å². The van der Waals surface area contributed by atoms with Crippen LogP contribution >= 0.6 is 0 Å². The van der Waals surface area contributed by atoms with Gasteiger partial charge in [0.25, 0.3) is 5.91 Å². The molecule has 0 radical (unpaired) electrons. The smallest absolute Gasteiger partial charge is 0.262 e. The minimum absolute atomic E-state index is 0.0401. The van der Waals surface area contributed by atoms with Crippen LogP contribution in [0.2, 0.25) is 0 Å². The molecule has 1 N–H and O–H groups in total. The van der Waals surface area contributed by atoms with Crippen molar-refractivity contribution < 1.29 is 14.3 Å². The highest BCUT2D eigenvalue weighted by Crippen LogP contribution is 2.19. The Morgan fingerprint density at radius 3 is 2.26 bits per heavy atom. The molecule has 1 amide bonds. The van der Waals surface area contributed by atoms with Gasteiger partial charge in [0.05, 0.1) is 7.11 Å². The molecule has 34 heavy (non-hydrogen) atoms. The zero-order chi connectivity index (χ0) is 23.8. The third kappa shape index (κ3) is 5.81. The second-order valence-electron chi connectivity index (χ2n) is 7.74. The van der Waals surface area contributed by atoms with E-state index in [1.807, 2.05) is 66.7 Å². The Bertz CT molecular complexity index is 1350. The van der Waals surface area contributed by atoms with E-state index in [-0.39, 0.29) is 5.57 Å². The molecular formula is C29H24N2O3. The fourth-order valence-corrected chi connectivity index (χ4v) is 3.49. The number of benzene rings is 4. The monoisotopic (exact) mass is 448 g/mol. The van der Waals surface area contributed by atoms with Crippen LogP contribution in [0, 0.1) is 11.3 Å². The number of fused-ring (bicyclic) bond motifs is 1. The van der Waals surface area contributed by atoms with Gasteiger partial charge < -0.3 is 14.8 Å². The standard InChI is InChI=1S/C29H24N2O3/c1-33-27-12-9-22(10-13-27)19-31-29(32)26(18-30)16-21-7-14-28(15-8-21)34-20-23-6-11-24-4-2-3-5-25(24)17-23/h2-17H,19-20H2,1H3,(H,31,32)/b26-16-. The van der Waals surface area contributed by atoms with Gasteiger partial charge in [-0.15, -0.1) is 0 Å². The quantitative estimate of drug-likeness (QED) is 0.279. The van der Waals surface area contributed by atoms with Crippen LogP contribution in [-0.2, 0) is 17.9 Å². The number of hydrogen-bond acceptors (Lipinski definition) is 4. The summed E-state index contributed by atoms with van der Waals surface area (Å²) in [6, 6.07) is 31.2. The van der Waals surface area contributed by atoms with Crippen LogP contribution in [0.15, 0.2) is 96.6 Å². The molecular weight excluding hydrogens is 424 g/mol. The summed E-state index contributed by atoms with van der Waals surface area (Å²) in [5.41, 5.74) is 2.79. The topological polar surface area (TPSA) is 71.3 Å². The van der Waals surface area contributed by atoms with Crippen LogP contribution in [0.3, 0.4) is 0 Å². The van der Waals surface area contributed by atoms with Crippen LogP contribution in [0.5, 0.6) is 11.5 Å². The summed E-state index contributed by atoms with van der Waals surface area (Å²) in [5.74, 6) is 1.04. The summed E-state index contributed by atoms with van der Waals surface area (Å²) in [7, 11) is 1.60. The average molecular weight is 449 g/mol. The van der Waals surface area contributed by atoms with Gasteiger partial charge in [-0.05, 0) is 63.9 Å². The summed E-state index contributed by atoms with van der Waals surface area (Å²) in [4.78, 5) is 12.4.